The Bertz CT molecular complexity index is 804. The van der Waals surface area contributed by atoms with Crippen molar-refractivity contribution in [2.45, 2.75) is 77.7 Å². The quantitative estimate of drug-likeness (QED) is 0.631. The fourth-order valence-corrected chi connectivity index (χ4v) is 7.75. The van der Waals surface area contributed by atoms with Crippen LogP contribution < -0.4 is 0 Å². The van der Waals surface area contributed by atoms with Crippen LogP contribution in [0.15, 0.2) is 18.2 Å². The maximum atomic E-state index is 2.82. The lowest BCUT2D eigenvalue weighted by atomic mass is 9.49. The predicted octanol–water partition coefficient (Wildman–Crippen LogP) is 6.04. The third kappa shape index (κ3) is 2.20. The van der Waals surface area contributed by atoms with Crippen molar-refractivity contribution < 1.29 is 0 Å². The molecular formula is C24H31N. The minimum Gasteiger partial charge on any atom is -0.344 e. The van der Waals surface area contributed by atoms with Crippen LogP contribution in [0.4, 0.5) is 0 Å². The monoisotopic (exact) mass is 333 g/mol. The summed E-state index contributed by atoms with van der Waals surface area (Å²) in [5.41, 5.74) is 7.02. The second kappa shape index (κ2) is 5.15. The molecule has 1 nitrogen and oxygen atoms in total. The molecule has 0 aliphatic heterocycles. The fraction of sp³-hybridized carbons (Fsp3) is 0.667. The van der Waals surface area contributed by atoms with Gasteiger partial charge < -0.3 is 4.57 Å². The molecule has 5 aliphatic rings. The van der Waals surface area contributed by atoms with E-state index in [1.54, 1.807) is 41.4 Å². The first kappa shape index (κ1) is 14.9. The van der Waals surface area contributed by atoms with Gasteiger partial charge in [0.1, 0.15) is 0 Å². The van der Waals surface area contributed by atoms with Crippen LogP contribution in [0, 0.1) is 30.1 Å². The van der Waals surface area contributed by atoms with E-state index in [0.717, 1.165) is 17.8 Å². The van der Waals surface area contributed by atoms with Gasteiger partial charge in [0.25, 0.3) is 0 Å². The van der Waals surface area contributed by atoms with E-state index in [4.69, 9.17) is 0 Å². The Morgan fingerprint density at radius 1 is 0.960 bits per heavy atom. The molecule has 0 spiro atoms. The first-order chi connectivity index (χ1) is 12.2. The minimum absolute atomic E-state index is 0.636. The molecular weight excluding hydrogens is 302 g/mol. The molecule has 0 N–H and O–H groups in total. The second-order valence-electron chi connectivity index (χ2n) is 10.2. The van der Waals surface area contributed by atoms with Crippen LogP contribution in [0.25, 0.3) is 10.9 Å². The molecule has 132 valence electrons. The fourth-order valence-electron chi connectivity index (χ4n) is 7.75. The van der Waals surface area contributed by atoms with E-state index in [1.165, 1.54) is 57.1 Å². The van der Waals surface area contributed by atoms with Gasteiger partial charge in [-0.1, -0.05) is 11.6 Å². The highest BCUT2D eigenvalue weighted by Crippen LogP contribution is 2.61. The van der Waals surface area contributed by atoms with Crippen molar-refractivity contribution in [1.82, 2.24) is 4.57 Å². The zero-order valence-electron chi connectivity index (χ0n) is 15.7. The largest absolute Gasteiger partial charge is 0.344 e. The number of aryl methyl sites for hydroxylation is 2. The van der Waals surface area contributed by atoms with Gasteiger partial charge in [-0.15, -0.1) is 0 Å². The average Bonchev–Trinajstić information content (AvgIpc) is 2.87. The first-order valence-electron chi connectivity index (χ1n) is 10.8. The first-order valence-corrected chi connectivity index (χ1v) is 10.8. The third-order valence-electron chi connectivity index (χ3n) is 8.19. The van der Waals surface area contributed by atoms with Crippen LogP contribution >= 0.6 is 0 Å². The van der Waals surface area contributed by atoms with Gasteiger partial charge in [0.2, 0.25) is 0 Å². The lowest BCUT2D eigenvalue weighted by Crippen LogP contribution is -2.48. The van der Waals surface area contributed by atoms with E-state index in [9.17, 15) is 0 Å². The summed E-state index contributed by atoms with van der Waals surface area (Å²) in [6, 6.07) is 7.24. The predicted molar refractivity (Wildman–Crippen MR) is 104 cm³/mol. The minimum atomic E-state index is 0.636. The Balaban J connectivity index is 1.47. The number of hydrogen-bond acceptors (Lipinski definition) is 0. The molecule has 4 bridgehead atoms. The normalized spacial score (nSPS) is 36.1. The smallest absolute Gasteiger partial charge is 0.0485 e. The van der Waals surface area contributed by atoms with E-state index in [2.05, 4.69) is 29.7 Å². The topological polar surface area (TPSA) is 4.93 Å². The molecule has 0 saturated heterocycles. The van der Waals surface area contributed by atoms with Crippen LogP contribution in [0.2, 0.25) is 0 Å². The van der Waals surface area contributed by atoms with Gasteiger partial charge in [-0.05, 0) is 112 Å². The molecule has 1 heterocycles. The molecule has 0 unspecified atom stereocenters. The number of rotatable bonds is 2. The molecule has 1 aromatic heterocycles. The van der Waals surface area contributed by atoms with Crippen LogP contribution in [0.1, 0.15) is 68.2 Å². The van der Waals surface area contributed by atoms with Crippen LogP contribution in [0.5, 0.6) is 0 Å². The van der Waals surface area contributed by atoms with Crippen molar-refractivity contribution in [3.8, 4) is 0 Å². The Kier molecular flexibility index (Phi) is 3.06. The Hall–Kier alpha value is -1.24. The lowest BCUT2D eigenvalue weighted by Gasteiger charge is -2.57. The average molecular weight is 334 g/mol. The summed E-state index contributed by atoms with van der Waals surface area (Å²) in [5, 5.41) is 1.58. The SMILES string of the molecule is Cc1ccc2c(c1)c1c(n2CC23CC4CC(CC(C4)C2)C3)CCCC1. The molecule has 0 atom stereocenters. The Morgan fingerprint density at radius 2 is 1.64 bits per heavy atom. The van der Waals surface area contributed by atoms with E-state index >= 15 is 0 Å². The van der Waals surface area contributed by atoms with Crippen molar-refractivity contribution in [3.63, 3.8) is 0 Å². The number of nitrogens with zero attached hydrogens (tertiary/aromatic N) is 1. The summed E-state index contributed by atoms with van der Waals surface area (Å²) in [6.45, 7) is 3.58. The molecule has 4 saturated carbocycles. The van der Waals surface area contributed by atoms with E-state index < -0.39 is 0 Å². The van der Waals surface area contributed by atoms with Gasteiger partial charge in [-0.2, -0.15) is 0 Å². The van der Waals surface area contributed by atoms with Crippen LogP contribution in [0.3, 0.4) is 0 Å². The van der Waals surface area contributed by atoms with Crippen molar-refractivity contribution in [2.75, 3.05) is 0 Å². The highest BCUT2D eigenvalue weighted by Gasteiger charge is 2.51. The van der Waals surface area contributed by atoms with Crippen molar-refractivity contribution in [1.29, 1.82) is 0 Å². The zero-order valence-corrected chi connectivity index (χ0v) is 15.7. The summed E-state index contributed by atoms with van der Waals surface area (Å²) in [7, 11) is 0. The lowest BCUT2D eigenvalue weighted by molar-refractivity contribution is -0.0616. The maximum Gasteiger partial charge on any atom is 0.0485 e. The number of fused-ring (bicyclic) bond motifs is 3. The molecule has 0 radical (unpaired) electrons. The Morgan fingerprint density at radius 3 is 2.36 bits per heavy atom. The van der Waals surface area contributed by atoms with Crippen molar-refractivity contribution in [2.24, 2.45) is 23.2 Å². The summed E-state index contributed by atoms with van der Waals surface area (Å²) >= 11 is 0. The number of hydrogen-bond donors (Lipinski definition) is 0. The molecule has 25 heavy (non-hydrogen) atoms. The van der Waals surface area contributed by atoms with Gasteiger partial charge >= 0.3 is 0 Å². The van der Waals surface area contributed by atoms with Crippen molar-refractivity contribution >= 4 is 10.9 Å². The van der Waals surface area contributed by atoms with Gasteiger partial charge in [-0.25, -0.2) is 0 Å². The number of benzene rings is 1. The van der Waals surface area contributed by atoms with Gasteiger partial charge in [0.15, 0.2) is 0 Å². The van der Waals surface area contributed by atoms with Gasteiger partial charge in [0.05, 0.1) is 0 Å². The van der Waals surface area contributed by atoms with Gasteiger partial charge in [-0.3, -0.25) is 0 Å². The van der Waals surface area contributed by atoms with Crippen molar-refractivity contribution in [3.05, 3.63) is 35.0 Å². The van der Waals surface area contributed by atoms with E-state index in [1.807, 2.05) is 0 Å². The molecule has 7 rings (SSSR count). The zero-order chi connectivity index (χ0) is 16.6. The molecule has 4 fully saturated rings. The standard InChI is InChI=1S/C24H31N/c1-16-6-7-23-21(8-16)20-4-2-3-5-22(20)25(23)15-24-12-17-9-18(13-24)11-19(10-17)14-24/h6-8,17-19H,2-5,9-15H2,1H3. The summed E-state index contributed by atoms with van der Waals surface area (Å²) < 4.78 is 2.82. The summed E-state index contributed by atoms with van der Waals surface area (Å²) in [4.78, 5) is 0. The molecule has 1 heteroatoms. The van der Waals surface area contributed by atoms with E-state index in [0.29, 0.717) is 5.41 Å². The summed E-state index contributed by atoms with van der Waals surface area (Å²) in [5.74, 6) is 3.18. The maximum absolute atomic E-state index is 2.82. The summed E-state index contributed by atoms with van der Waals surface area (Å²) in [6.07, 6.45) is 14.7. The molecule has 5 aliphatic carbocycles. The highest BCUT2D eigenvalue weighted by molar-refractivity contribution is 5.86. The van der Waals surface area contributed by atoms with Crippen LogP contribution in [-0.4, -0.2) is 4.57 Å². The number of aromatic nitrogens is 1. The molecule has 1 aromatic carbocycles. The van der Waals surface area contributed by atoms with E-state index in [-0.39, 0.29) is 0 Å². The molecule has 0 amide bonds. The van der Waals surface area contributed by atoms with Crippen LogP contribution in [-0.2, 0) is 19.4 Å². The highest BCUT2D eigenvalue weighted by atomic mass is 15.0. The third-order valence-corrected chi connectivity index (χ3v) is 8.19. The second-order valence-corrected chi connectivity index (χ2v) is 10.2. The Labute approximate surface area is 151 Å². The van der Waals surface area contributed by atoms with Gasteiger partial charge in [0, 0.05) is 23.1 Å². The molecule has 2 aromatic rings.